The number of ketones is 1. The van der Waals surface area contributed by atoms with Crippen molar-refractivity contribution in [1.29, 1.82) is 0 Å². The predicted molar refractivity (Wildman–Crippen MR) is 119 cm³/mol. The van der Waals surface area contributed by atoms with Gasteiger partial charge in [-0.2, -0.15) is 0 Å². The van der Waals surface area contributed by atoms with E-state index in [1.807, 2.05) is 30.3 Å². The van der Waals surface area contributed by atoms with Crippen LogP contribution < -0.4 is 10.2 Å². The van der Waals surface area contributed by atoms with Gasteiger partial charge in [0.25, 0.3) is 0 Å². The molecule has 0 saturated carbocycles. The van der Waals surface area contributed by atoms with Crippen LogP contribution in [0.25, 0.3) is 0 Å². The summed E-state index contributed by atoms with van der Waals surface area (Å²) < 4.78 is 19.4. The molecule has 158 valence electrons. The van der Waals surface area contributed by atoms with Gasteiger partial charge >= 0.3 is 0 Å². The first-order chi connectivity index (χ1) is 14.9. The Morgan fingerprint density at radius 2 is 1.84 bits per heavy atom. The molecule has 2 aliphatic rings. The summed E-state index contributed by atoms with van der Waals surface area (Å²) in [6.07, 6.45) is 2.92. The molecule has 5 heteroatoms. The maximum atomic E-state index is 13.5. The average molecular weight is 416 g/mol. The van der Waals surface area contributed by atoms with E-state index in [2.05, 4.69) is 30.1 Å². The van der Waals surface area contributed by atoms with E-state index in [9.17, 15) is 9.18 Å². The highest BCUT2D eigenvalue weighted by atomic mass is 19.1. The Bertz CT molecular complexity index is 1150. The lowest BCUT2D eigenvalue weighted by Crippen LogP contribution is -2.35. The number of allylic oxidation sites excluding steroid dienone is 1. The van der Waals surface area contributed by atoms with E-state index in [0.29, 0.717) is 13.0 Å². The van der Waals surface area contributed by atoms with E-state index < -0.39 is 0 Å². The Kier molecular flexibility index (Phi) is 4.69. The summed E-state index contributed by atoms with van der Waals surface area (Å²) in [6, 6.07) is 18.0. The van der Waals surface area contributed by atoms with Crippen LogP contribution in [0.1, 0.15) is 44.1 Å². The maximum Gasteiger partial charge on any atom is 0.163 e. The lowest BCUT2D eigenvalue weighted by molar-refractivity contribution is -0.118. The Morgan fingerprint density at radius 1 is 1.06 bits per heavy atom. The van der Waals surface area contributed by atoms with Gasteiger partial charge in [0.05, 0.1) is 17.6 Å². The number of fused-ring (bicyclic) bond motifs is 1. The van der Waals surface area contributed by atoms with Gasteiger partial charge in [0.1, 0.15) is 17.6 Å². The summed E-state index contributed by atoms with van der Waals surface area (Å²) in [5, 5.41) is 3.58. The molecule has 0 fully saturated rings. The van der Waals surface area contributed by atoms with Crippen LogP contribution in [0, 0.1) is 11.2 Å². The molecule has 1 N–H and O–H groups in total. The Morgan fingerprint density at radius 3 is 2.58 bits per heavy atom. The number of carbonyl (C=O) groups is 1. The number of benzene rings is 2. The van der Waals surface area contributed by atoms with Crippen molar-refractivity contribution in [2.24, 2.45) is 5.41 Å². The number of halogens is 1. The van der Waals surface area contributed by atoms with Crippen LogP contribution in [-0.4, -0.2) is 5.78 Å². The van der Waals surface area contributed by atoms with Crippen LogP contribution in [-0.2, 0) is 11.3 Å². The van der Waals surface area contributed by atoms with Crippen LogP contribution >= 0.6 is 0 Å². The maximum absolute atomic E-state index is 13.5. The molecule has 0 amide bonds. The molecule has 0 radical (unpaired) electrons. The lowest BCUT2D eigenvalue weighted by atomic mass is 9.74. The fraction of sp³-hybridized carbons (Fsp3) is 0.269. The zero-order valence-electron chi connectivity index (χ0n) is 17.7. The number of Topliss-reactive ketones (excluding diaryl/α,β-unsaturated/α-hetero) is 1. The van der Waals surface area contributed by atoms with Crippen molar-refractivity contribution in [1.82, 2.24) is 0 Å². The van der Waals surface area contributed by atoms with Gasteiger partial charge in [0.2, 0.25) is 0 Å². The van der Waals surface area contributed by atoms with Crippen LogP contribution in [0.15, 0.2) is 82.6 Å². The summed E-state index contributed by atoms with van der Waals surface area (Å²) in [6.45, 7) is 4.77. The molecular weight excluding hydrogens is 391 g/mol. The van der Waals surface area contributed by atoms with Crippen LogP contribution in [0.4, 0.5) is 15.8 Å². The summed E-state index contributed by atoms with van der Waals surface area (Å²) in [4.78, 5) is 15.7. The SMILES string of the molecule is CC1(C)CC(=O)C2=C(C1)Nc1ccccc1N(Cc1ccc(F)cc1)[C@@H]2c1ccco1. The minimum Gasteiger partial charge on any atom is -0.467 e. The number of hydrogen-bond donors (Lipinski definition) is 1. The molecule has 31 heavy (non-hydrogen) atoms. The highest BCUT2D eigenvalue weighted by molar-refractivity contribution is 6.01. The number of furan rings is 1. The molecule has 0 unspecified atom stereocenters. The van der Waals surface area contributed by atoms with E-state index in [-0.39, 0.29) is 23.1 Å². The first-order valence-corrected chi connectivity index (χ1v) is 10.6. The van der Waals surface area contributed by atoms with E-state index in [4.69, 9.17) is 4.42 Å². The van der Waals surface area contributed by atoms with Gasteiger partial charge in [-0.05, 0) is 53.8 Å². The van der Waals surface area contributed by atoms with Crippen LogP contribution in [0.5, 0.6) is 0 Å². The number of carbonyl (C=O) groups excluding carboxylic acids is 1. The highest BCUT2D eigenvalue weighted by Gasteiger charge is 2.42. The van der Waals surface area contributed by atoms with E-state index in [1.54, 1.807) is 18.4 Å². The van der Waals surface area contributed by atoms with Gasteiger partial charge in [0.15, 0.2) is 5.78 Å². The van der Waals surface area contributed by atoms with Gasteiger partial charge in [-0.1, -0.05) is 38.1 Å². The summed E-state index contributed by atoms with van der Waals surface area (Å²) in [5.41, 5.74) is 4.49. The Balaban J connectivity index is 1.71. The number of para-hydroxylation sites is 2. The molecule has 1 aliphatic heterocycles. The van der Waals surface area contributed by atoms with E-state index >= 15 is 0 Å². The van der Waals surface area contributed by atoms with Crippen molar-refractivity contribution >= 4 is 17.2 Å². The second-order valence-corrected chi connectivity index (χ2v) is 9.15. The molecule has 1 atom stereocenters. The van der Waals surface area contributed by atoms with Crippen molar-refractivity contribution in [3.05, 3.63) is 95.3 Å². The summed E-state index contributed by atoms with van der Waals surface area (Å²) in [5.74, 6) is 0.595. The fourth-order valence-corrected chi connectivity index (χ4v) is 4.76. The van der Waals surface area contributed by atoms with Crippen molar-refractivity contribution in [3.63, 3.8) is 0 Å². The number of nitrogens with zero attached hydrogens (tertiary/aromatic N) is 1. The summed E-state index contributed by atoms with van der Waals surface area (Å²) in [7, 11) is 0. The first-order valence-electron chi connectivity index (χ1n) is 10.6. The normalized spacial score (nSPS) is 20.0. The monoisotopic (exact) mass is 416 g/mol. The van der Waals surface area contributed by atoms with Crippen molar-refractivity contribution in [2.75, 3.05) is 10.2 Å². The average Bonchev–Trinajstić information content (AvgIpc) is 3.21. The van der Waals surface area contributed by atoms with Crippen molar-refractivity contribution in [2.45, 2.75) is 39.3 Å². The number of hydrogen-bond acceptors (Lipinski definition) is 4. The Hall–Kier alpha value is -3.34. The zero-order chi connectivity index (χ0) is 21.6. The third-order valence-electron chi connectivity index (χ3n) is 6.08. The van der Waals surface area contributed by atoms with Gasteiger partial charge in [-0.3, -0.25) is 4.79 Å². The molecule has 2 aromatic carbocycles. The minimum atomic E-state index is -0.366. The zero-order valence-corrected chi connectivity index (χ0v) is 17.7. The molecular formula is C26H25FN2O2. The molecule has 0 saturated heterocycles. The molecule has 5 rings (SSSR count). The molecule has 2 heterocycles. The minimum absolute atomic E-state index is 0.113. The van der Waals surface area contributed by atoms with Crippen LogP contribution in [0.3, 0.4) is 0 Å². The molecule has 1 aromatic heterocycles. The third-order valence-corrected chi connectivity index (χ3v) is 6.08. The second-order valence-electron chi connectivity index (χ2n) is 9.15. The third kappa shape index (κ3) is 3.65. The standard InChI is InChI=1S/C26H25FN2O2/c1-26(2)14-20-24(22(30)15-26)25(23-8-5-13-31-23)29(16-17-9-11-18(27)12-10-17)21-7-4-3-6-19(21)28-20/h3-13,25,28H,14-16H2,1-2H3/t25-/m1/s1. The van der Waals surface area contributed by atoms with Gasteiger partial charge in [-0.25, -0.2) is 4.39 Å². The van der Waals surface area contributed by atoms with Gasteiger partial charge < -0.3 is 14.6 Å². The topological polar surface area (TPSA) is 45.5 Å². The molecule has 3 aromatic rings. The number of rotatable bonds is 3. The first kappa shape index (κ1) is 19.6. The second kappa shape index (κ2) is 7.41. The van der Waals surface area contributed by atoms with Crippen LogP contribution in [0.2, 0.25) is 0 Å². The molecule has 0 spiro atoms. The van der Waals surface area contributed by atoms with Gasteiger partial charge in [-0.15, -0.1) is 0 Å². The van der Waals surface area contributed by atoms with E-state index in [1.165, 1.54) is 12.1 Å². The smallest absolute Gasteiger partial charge is 0.163 e. The highest BCUT2D eigenvalue weighted by Crippen LogP contribution is 2.48. The number of anilines is 2. The molecule has 4 nitrogen and oxygen atoms in total. The Labute approximate surface area is 181 Å². The van der Waals surface area contributed by atoms with E-state index in [0.717, 1.165) is 40.4 Å². The largest absolute Gasteiger partial charge is 0.467 e. The quantitative estimate of drug-likeness (QED) is 0.549. The van der Waals surface area contributed by atoms with Gasteiger partial charge in [0, 0.05) is 24.2 Å². The van der Waals surface area contributed by atoms with Crippen molar-refractivity contribution in [3.8, 4) is 0 Å². The molecule has 0 bridgehead atoms. The fourth-order valence-electron chi connectivity index (χ4n) is 4.76. The lowest BCUT2D eigenvalue weighted by Gasteiger charge is -2.37. The number of nitrogens with one attached hydrogen (secondary N) is 1. The predicted octanol–water partition coefficient (Wildman–Crippen LogP) is 6.24. The molecule has 1 aliphatic carbocycles. The summed E-state index contributed by atoms with van der Waals surface area (Å²) >= 11 is 0. The van der Waals surface area contributed by atoms with Crippen molar-refractivity contribution < 1.29 is 13.6 Å².